The Kier molecular flexibility index (Phi) is 3.82. The molecule has 0 aromatic rings. The molecule has 16 heavy (non-hydrogen) atoms. The highest BCUT2D eigenvalue weighted by atomic mass is 16.5. The normalized spacial score (nSPS) is 22.6. The molecule has 0 saturated heterocycles. The monoisotopic (exact) mass is 226 g/mol. The number of methoxy groups -OCH3 is 1. The van der Waals surface area contributed by atoms with E-state index in [1.54, 1.807) is 7.11 Å². The Labute approximate surface area is 97.1 Å². The Morgan fingerprint density at radius 3 is 2.62 bits per heavy atom. The van der Waals surface area contributed by atoms with Gasteiger partial charge in [-0.05, 0) is 32.1 Å². The van der Waals surface area contributed by atoms with E-state index in [0.29, 0.717) is 12.5 Å². The lowest BCUT2D eigenvalue weighted by molar-refractivity contribution is -0.134. The molecule has 0 aromatic carbocycles. The molecule has 0 radical (unpaired) electrons. The molecule has 0 bridgehead atoms. The van der Waals surface area contributed by atoms with Gasteiger partial charge in [0.25, 0.3) is 0 Å². The van der Waals surface area contributed by atoms with Gasteiger partial charge >= 0.3 is 0 Å². The zero-order valence-corrected chi connectivity index (χ0v) is 10.1. The van der Waals surface area contributed by atoms with Crippen LogP contribution in [0.4, 0.5) is 0 Å². The lowest BCUT2D eigenvalue weighted by atomic mass is 9.77. The molecule has 2 aliphatic carbocycles. The van der Waals surface area contributed by atoms with Crippen LogP contribution in [0.1, 0.15) is 38.5 Å². The number of amides is 1. The number of carbonyl (C=O) groups is 1. The van der Waals surface area contributed by atoms with Gasteiger partial charge in [0.05, 0.1) is 12.0 Å². The summed E-state index contributed by atoms with van der Waals surface area (Å²) >= 11 is 0. The Hall–Kier alpha value is -0.610. The van der Waals surface area contributed by atoms with Crippen molar-refractivity contribution in [3.05, 3.63) is 0 Å². The summed E-state index contributed by atoms with van der Waals surface area (Å²) in [5.41, 5.74) is -0.145. The van der Waals surface area contributed by atoms with Crippen LogP contribution >= 0.6 is 0 Å². The number of ether oxygens (including phenoxy) is 1. The summed E-state index contributed by atoms with van der Waals surface area (Å²) in [7, 11) is 1.71. The van der Waals surface area contributed by atoms with Gasteiger partial charge < -0.3 is 15.4 Å². The van der Waals surface area contributed by atoms with Crippen LogP contribution in [0.15, 0.2) is 0 Å². The van der Waals surface area contributed by atoms with E-state index < -0.39 is 0 Å². The Morgan fingerprint density at radius 2 is 2.12 bits per heavy atom. The van der Waals surface area contributed by atoms with Crippen LogP contribution in [0, 0.1) is 0 Å². The zero-order chi connectivity index (χ0) is 11.4. The molecule has 0 spiro atoms. The topological polar surface area (TPSA) is 50.4 Å². The van der Waals surface area contributed by atoms with Crippen LogP contribution in [0.3, 0.4) is 0 Å². The van der Waals surface area contributed by atoms with Gasteiger partial charge in [-0.2, -0.15) is 0 Å². The highest BCUT2D eigenvalue weighted by Gasteiger charge is 2.38. The first-order valence-corrected chi connectivity index (χ1v) is 6.29. The summed E-state index contributed by atoms with van der Waals surface area (Å²) in [6.45, 7) is 1.62. The molecule has 0 unspecified atom stereocenters. The van der Waals surface area contributed by atoms with E-state index in [1.807, 2.05) is 0 Å². The van der Waals surface area contributed by atoms with Gasteiger partial charge in [-0.1, -0.05) is 0 Å². The SMILES string of the molecule is COC1(CC(=O)NCCNC2CC2)CCC1. The van der Waals surface area contributed by atoms with E-state index in [9.17, 15) is 4.79 Å². The molecule has 0 atom stereocenters. The molecule has 0 aromatic heterocycles. The maximum atomic E-state index is 11.7. The maximum absolute atomic E-state index is 11.7. The van der Waals surface area contributed by atoms with E-state index in [-0.39, 0.29) is 11.5 Å². The molecule has 2 aliphatic rings. The van der Waals surface area contributed by atoms with E-state index in [1.165, 1.54) is 19.3 Å². The van der Waals surface area contributed by atoms with Crippen molar-refractivity contribution in [2.24, 2.45) is 0 Å². The first-order valence-electron chi connectivity index (χ1n) is 6.29. The first kappa shape index (κ1) is 11.9. The van der Waals surface area contributed by atoms with Gasteiger partial charge in [0, 0.05) is 26.2 Å². The fourth-order valence-electron chi connectivity index (χ4n) is 2.14. The molecule has 2 saturated carbocycles. The molecule has 2 fully saturated rings. The minimum atomic E-state index is -0.145. The standard InChI is InChI=1S/C12H22N2O2/c1-16-12(5-2-6-12)9-11(15)14-8-7-13-10-3-4-10/h10,13H,2-9H2,1H3,(H,14,15). The second-order valence-corrected chi connectivity index (χ2v) is 5.00. The Morgan fingerprint density at radius 1 is 1.38 bits per heavy atom. The Balaban J connectivity index is 1.56. The predicted molar refractivity (Wildman–Crippen MR) is 62.2 cm³/mol. The summed E-state index contributed by atoms with van der Waals surface area (Å²) in [5, 5.41) is 6.31. The quantitative estimate of drug-likeness (QED) is 0.632. The molecule has 2 rings (SSSR count). The number of carbonyl (C=O) groups excluding carboxylic acids is 1. The Bertz CT molecular complexity index is 242. The fourth-order valence-corrected chi connectivity index (χ4v) is 2.14. The van der Waals surface area contributed by atoms with Crippen molar-refractivity contribution in [3.8, 4) is 0 Å². The third kappa shape index (κ3) is 3.19. The van der Waals surface area contributed by atoms with Gasteiger partial charge in [-0.15, -0.1) is 0 Å². The van der Waals surface area contributed by atoms with Crippen molar-refractivity contribution in [2.45, 2.75) is 50.2 Å². The van der Waals surface area contributed by atoms with Gasteiger partial charge in [-0.3, -0.25) is 4.79 Å². The minimum absolute atomic E-state index is 0.124. The molecule has 4 heteroatoms. The number of hydrogen-bond acceptors (Lipinski definition) is 3. The van der Waals surface area contributed by atoms with Crippen LogP contribution in [0.2, 0.25) is 0 Å². The predicted octanol–water partition coefficient (Wildman–Crippen LogP) is 0.814. The van der Waals surface area contributed by atoms with E-state index in [2.05, 4.69) is 10.6 Å². The van der Waals surface area contributed by atoms with Crippen molar-refractivity contribution in [1.82, 2.24) is 10.6 Å². The van der Waals surface area contributed by atoms with E-state index in [0.717, 1.165) is 25.9 Å². The van der Waals surface area contributed by atoms with Crippen LogP contribution < -0.4 is 10.6 Å². The molecule has 4 nitrogen and oxygen atoms in total. The van der Waals surface area contributed by atoms with Crippen LogP contribution in [-0.4, -0.2) is 37.7 Å². The highest BCUT2D eigenvalue weighted by Crippen LogP contribution is 2.37. The molecular formula is C12H22N2O2. The molecular weight excluding hydrogens is 204 g/mol. The van der Waals surface area contributed by atoms with Crippen molar-refractivity contribution in [3.63, 3.8) is 0 Å². The molecule has 0 aliphatic heterocycles. The smallest absolute Gasteiger partial charge is 0.222 e. The van der Waals surface area contributed by atoms with E-state index >= 15 is 0 Å². The summed E-state index contributed by atoms with van der Waals surface area (Å²) in [4.78, 5) is 11.7. The highest BCUT2D eigenvalue weighted by molar-refractivity contribution is 5.77. The molecule has 2 N–H and O–H groups in total. The second-order valence-electron chi connectivity index (χ2n) is 5.00. The van der Waals surface area contributed by atoms with Crippen molar-refractivity contribution >= 4 is 5.91 Å². The number of nitrogens with one attached hydrogen (secondary N) is 2. The van der Waals surface area contributed by atoms with Crippen LogP contribution in [0.5, 0.6) is 0 Å². The number of rotatable bonds is 7. The maximum Gasteiger partial charge on any atom is 0.222 e. The van der Waals surface area contributed by atoms with Gasteiger partial charge in [0.2, 0.25) is 5.91 Å². The van der Waals surface area contributed by atoms with E-state index in [4.69, 9.17) is 4.74 Å². The minimum Gasteiger partial charge on any atom is -0.378 e. The van der Waals surface area contributed by atoms with Gasteiger partial charge in [-0.25, -0.2) is 0 Å². The van der Waals surface area contributed by atoms with Gasteiger partial charge in [0.1, 0.15) is 0 Å². The average molecular weight is 226 g/mol. The summed E-state index contributed by atoms with van der Waals surface area (Å²) in [6, 6.07) is 0.717. The summed E-state index contributed by atoms with van der Waals surface area (Å²) in [6.07, 6.45) is 6.34. The van der Waals surface area contributed by atoms with Crippen LogP contribution in [0.25, 0.3) is 0 Å². The molecule has 92 valence electrons. The second kappa shape index (κ2) is 5.15. The third-order valence-corrected chi connectivity index (χ3v) is 3.64. The molecule has 0 heterocycles. The largest absolute Gasteiger partial charge is 0.378 e. The van der Waals surface area contributed by atoms with Gasteiger partial charge in [0.15, 0.2) is 0 Å². The number of hydrogen-bond donors (Lipinski definition) is 2. The van der Waals surface area contributed by atoms with Crippen LogP contribution in [-0.2, 0) is 9.53 Å². The summed E-state index contributed by atoms with van der Waals surface area (Å²) in [5.74, 6) is 0.124. The van der Waals surface area contributed by atoms with Crippen molar-refractivity contribution in [2.75, 3.05) is 20.2 Å². The summed E-state index contributed by atoms with van der Waals surface area (Å²) < 4.78 is 5.42. The first-order chi connectivity index (χ1) is 7.74. The lowest BCUT2D eigenvalue weighted by Crippen LogP contribution is -2.44. The average Bonchev–Trinajstić information content (AvgIpc) is 3.02. The fraction of sp³-hybridized carbons (Fsp3) is 0.917. The third-order valence-electron chi connectivity index (χ3n) is 3.64. The lowest BCUT2D eigenvalue weighted by Gasteiger charge is -2.39. The van der Waals surface area contributed by atoms with Crippen molar-refractivity contribution in [1.29, 1.82) is 0 Å². The molecule has 1 amide bonds. The van der Waals surface area contributed by atoms with Crippen molar-refractivity contribution < 1.29 is 9.53 Å². The zero-order valence-electron chi connectivity index (χ0n) is 10.1.